The molecule has 2 unspecified atom stereocenters. The van der Waals surface area contributed by atoms with Gasteiger partial charge in [0.2, 0.25) is 0 Å². The smallest absolute Gasteiger partial charge is 0.389 e. The summed E-state index contributed by atoms with van der Waals surface area (Å²) >= 11 is 0. The van der Waals surface area contributed by atoms with E-state index >= 15 is 0 Å². The summed E-state index contributed by atoms with van der Waals surface area (Å²) in [5.41, 5.74) is 0. The zero-order valence-electron chi connectivity index (χ0n) is 9.84. The number of rotatable bonds is 7. The summed E-state index contributed by atoms with van der Waals surface area (Å²) in [4.78, 5) is 0. The van der Waals surface area contributed by atoms with E-state index in [1.54, 1.807) is 0 Å². The molecular formula is C10H20F3NO2. The largest absolute Gasteiger partial charge is 0.414 e. The fraction of sp³-hybridized carbons (Fsp3) is 1.00. The van der Waals surface area contributed by atoms with Gasteiger partial charge in [-0.25, -0.2) is 0 Å². The maximum Gasteiger partial charge on any atom is 0.414 e. The molecule has 0 saturated carbocycles. The molecule has 0 bridgehead atoms. The summed E-state index contributed by atoms with van der Waals surface area (Å²) in [7, 11) is 0. The Kier molecular flexibility index (Phi) is 6.94. The van der Waals surface area contributed by atoms with Crippen LogP contribution in [0.5, 0.6) is 0 Å². The molecule has 0 rings (SSSR count). The Morgan fingerprint density at radius 1 is 1.19 bits per heavy atom. The van der Waals surface area contributed by atoms with E-state index < -0.39 is 18.4 Å². The predicted molar refractivity (Wildman–Crippen MR) is 55.2 cm³/mol. The van der Waals surface area contributed by atoms with Gasteiger partial charge in [-0.2, -0.15) is 13.2 Å². The van der Waals surface area contributed by atoms with Gasteiger partial charge in [0, 0.05) is 6.54 Å². The van der Waals surface area contributed by atoms with E-state index in [2.05, 4.69) is 10.1 Å². The lowest BCUT2D eigenvalue weighted by atomic mass is 10.2. The van der Waals surface area contributed by atoms with E-state index in [1.807, 2.05) is 13.8 Å². The number of hydrogen-bond donors (Lipinski definition) is 2. The summed E-state index contributed by atoms with van der Waals surface area (Å²) in [5, 5.41) is 12.3. The van der Waals surface area contributed by atoms with E-state index in [9.17, 15) is 18.3 Å². The van der Waals surface area contributed by atoms with Gasteiger partial charge in [-0.05, 0) is 19.4 Å². The molecule has 3 nitrogen and oxygen atoms in total. The number of nitrogens with one attached hydrogen (secondary N) is 1. The minimum absolute atomic E-state index is 0.239. The molecule has 0 saturated heterocycles. The predicted octanol–water partition coefficient (Wildman–Crippen LogP) is 1.56. The molecule has 0 heterocycles. The molecule has 6 heteroatoms. The minimum atomic E-state index is -4.37. The molecule has 16 heavy (non-hydrogen) atoms. The van der Waals surface area contributed by atoms with E-state index in [4.69, 9.17) is 0 Å². The number of hydrogen-bond acceptors (Lipinski definition) is 3. The zero-order chi connectivity index (χ0) is 12.8. The molecule has 0 aliphatic heterocycles. The lowest BCUT2D eigenvalue weighted by Gasteiger charge is -2.19. The van der Waals surface area contributed by atoms with Crippen molar-refractivity contribution in [3.63, 3.8) is 0 Å². The number of aliphatic hydroxyl groups excluding tert-OH is 1. The summed E-state index contributed by atoms with van der Waals surface area (Å²) < 4.78 is 40.6. The van der Waals surface area contributed by atoms with Gasteiger partial charge in [0.15, 0.2) is 6.10 Å². The number of halogens is 3. The molecule has 0 radical (unpaired) electrons. The first-order valence-corrected chi connectivity index (χ1v) is 5.30. The van der Waals surface area contributed by atoms with Gasteiger partial charge >= 0.3 is 6.18 Å². The molecule has 0 aromatic rings. The lowest BCUT2D eigenvalue weighted by Crippen LogP contribution is -2.36. The van der Waals surface area contributed by atoms with E-state index in [1.165, 1.54) is 0 Å². The van der Waals surface area contributed by atoms with Crippen LogP contribution >= 0.6 is 0 Å². The minimum Gasteiger partial charge on any atom is -0.389 e. The molecule has 2 atom stereocenters. The maximum atomic E-state index is 12.0. The van der Waals surface area contributed by atoms with Crippen molar-refractivity contribution >= 4 is 0 Å². The van der Waals surface area contributed by atoms with Crippen molar-refractivity contribution in [2.45, 2.75) is 39.2 Å². The average Bonchev–Trinajstić information content (AvgIpc) is 2.11. The third-order valence-electron chi connectivity index (χ3n) is 1.93. The monoisotopic (exact) mass is 243 g/mol. The number of alkyl halides is 3. The van der Waals surface area contributed by atoms with Gasteiger partial charge in [-0.3, -0.25) is 0 Å². The molecule has 0 aromatic carbocycles. The molecule has 0 spiro atoms. The van der Waals surface area contributed by atoms with Gasteiger partial charge in [0.1, 0.15) is 0 Å². The molecular weight excluding hydrogens is 223 g/mol. The Morgan fingerprint density at radius 2 is 1.75 bits per heavy atom. The van der Waals surface area contributed by atoms with Crippen LogP contribution in [-0.4, -0.2) is 43.2 Å². The Labute approximate surface area is 94.0 Å². The maximum absolute atomic E-state index is 12.0. The standard InChI is InChI=1S/C10H20F3NO2/c1-7(2)4-14-5-9(15)6-16-8(3)10(11,12)13/h7-9,14-15H,4-6H2,1-3H3. The third kappa shape index (κ3) is 7.90. The molecule has 0 aliphatic carbocycles. The van der Waals surface area contributed by atoms with Crippen LogP contribution in [0.25, 0.3) is 0 Å². The van der Waals surface area contributed by atoms with Gasteiger partial charge in [-0.15, -0.1) is 0 Å². The fourth-order valence-electron chi connectivity index (χ4n) is 0.947. The van der Waals surface area contributed by atoms with Crippen molar-refractivity contribution in [1.29, 1.82) is 0 Å². The highest BCUT2D eigenvalue weighted by Gasteiger charge is 2.37. The SMILES string of the molecule is CC(C)CNCC(O)COC(C)C(F)(F)F. The van der Waals surface area contributed by atoms with Gasteiger partial charge < -0.3 is 15.2 Å². The highest BCUT2D eigenvalue weighted by molar-refractivity contribution is 4.64. The summed E-state index contributed by atoms with van der Waals surface area (Å²) in [6.45, 7) is 5.57. The molecule has 0 amide bonds. The van der Waals surface area contributed by atoms with Crippen LogP contribution in [0.2, 0.25) is 0 Å². The molecule has 98 valence electrons. The second kappa shape index (κ2) is 7.09. The average molecular weight is 243 g/mol. The first-order valence-electron chi connectivity index (χ1n) is 5.30. The van der Waals surface area contributed by atoms with E-state index in [-0.39, 0.29) is 13.2 Å². The van der Waals surface area contributed by atoms with E-state index in [0.717, 1.165) is 6.92 Å². The second-order valence-electron chi connectivity index (χ2n) is 4.22. The van der Waals surface area contributed by atoms with Crippen LogP contribution in [-0.2, 0) is 4.74 Å². The van der Waals surface area contributed by atoms with Crippen LogP contribution in [0, 0.1) is 5.92 Å². The van der Waals surface area contributed by atoms with Crippen LogP contribution in [0.4, 0.5) is 13.2 Å². The van der Waals surface area contributed by atoms with Crippen LogP contribution in [0.15, 0.2) is 0 Å². The molecule has 0 aromatic heterocycles. The number of ether oxygens (including phenoxy) is 1. The Balaban J connectivity index is 3.61. The topological polar surface area (TPSA) is 41.5 Å². The zero-order valence-corrected chi connectivity index (χ0v) is 9.84. The van der Waals surface area contributed by atoms with Crippen molar-refractivity contribution in [3.8, 4) is 0 Å². The van der Waals surface area contributed by atoms with Crippen molar-refractivity contribution < 1.29 is 23.0 Å². The number of aliphatic hydroxyl groups is 1. The fourth-order valence-corrected chi connectivity index (χ4v) is 0.947. The van der Waals surface area contributed by atoms with E-state index in [0.29, 0.717) is 12.5 Å². The highest BCUT2D eigenvalue weighted by Crippen LogP contribution is 2.22. The van der Waals surface area contributed by atoms with Gasteiger partial charge in [0.05, 0.1) is 12.7 Å². The second-order valence-corrected chi connectivity index (χ2v) is 4.22. The van der Waals surface area contributed by atoms with Crippen LogP contribution in [0.1, 0.15) is 20.8 Å². The van der Waals surface area contributed by atoms with Crippen LogP contribution < -0.4 is 5.32 Å². The molecule has 0 aliphatic rings. The van der Waals surface area contributed by atoms with Crippen molar-refractivity contribution in [2.75, 3.05) is 19.7 Å². The third-order valence-corrected chi connectivity index (χ3v) is 1.93. The Hall–Kier alpha value is -0.330. The summed E-state index contributed by atoms with van der Waals surface area (Å²) in [6, 6.07) is 0. The van der Waals surface area contributed by atoms with Gasteiger partial charge in [-0.1, -0.05) is 13.8 Å². The summed E-state index contributed by atoms with van der Waals surface area (Å²) in [5.74, 6) is 0.433. The molecule has 0 fully saturated rings. The molecule has 2 N–H and O–H groups in total. The highest BCUT2D eigenvalue weighted by atomic mass is 19.4. The quantitative estimate of drug-likeness (QED) is 0.713. The van der Waals surface area contributed by atoms with Crippen molar-refractivity contribution in [1.82, 2.24) is 5.32 Å². The first kappa shape index (κ1) is 15.7. The van der Waals surface area contributed by atoms with Gasteiger partial charge in [0.25, 0.3) is 0 Å². The first-order chi connectivity index (χ1) is 7.23. The van der Waals surface area contributed by atoms with Crippen molar-refractivity contribution in [3.05, 3.63) is 0 Å². The normalized spacial score (nSPS) is 16.5. The lowest BCUT2D eigenvalue weighted by molar-refractivity contribution is -0.219. The van der Waals surface area contributed by atoms with Crippen molar-refractivity contribution in [2.24, 2.45) is 5.92 Å². The summed E-state index contributed by atoms with van der Waals surface area (Å²) in [6.07, 6.45) is -7.12. The van der Waals surface area contributed by atoms with Crippen LogP contribution in [0.3, 0.4) is 0 Å². The Morgan fingerprint density at radius 3 is 2.19 bits per heavy atom. The Bertz CT molecular complexity index is 185.